The van der Waals surface area contributed by atoms with Crippen molar-refractivity contribution in [2.45, 2.75) is 32.1 Å². The zero-order valence-corrected chi connectivity index (χ0v) is 14.0. The highest BCUT2D eigenvalue weighted by atomic mass is 32.2. The molecule has 0 N–H and O–H groups in total. The fourth-order valence-electron chi connectivity index (χ4n) is 3.32. The third-order valence-electron chi connectivity index (χ3n) is 4.43. The van der Waals surface area contributed by atoms with E-state index in [0.29, 0.717) is 19.5 Å². The smallest absolute Gasteiger partial charge is 0.214 e. The first-order valence-electron chi connectivity index (χ1n) is 7.92. The number of rotatable bonds is 4. The number of nitrogens with zero attached hydrogens (tertiary/aromatic N) is 3. The third kappa shape index (κ3) is 2.77. The first-order valence-corrected chi connectivity index (χ1v) is 9.53. The van der Waals surface area contributed by atoms with E-state index in [9.17, 15) is 8.42 Å². The second-order valence-corrected chi connectivity index (χ2v) is 8.12. The van der Waals surface area contributed by atoms with Crippen LogP contribution in [0.2, 0.25) is 0 Å². The quantitative estimate of drug-likeness (QED) is 0.869. The molecule has 1 aromatic heterocycles. The van der Waals surface area contributed by atoms with E-state index < -0.39 is 10.0 Å². The maximum Gasteiger partial charge on any atom is 0.214 e. The summed E-state index contributed by atoms with van der Waals surface area (Å²) in [7, 11) is -1.10. The minimum atomic E-state index is -3.12. The van der Waals surface area contributed by atoms with Gasteiger partial charge >= 0.3 is 0 Å². The molecular formula is C16H23N3O2S. The van der Waals surface area contributed by atoms with Crippen molar-refractivity contribution in [3.05, 3.63) is 30.1 Å². The number of fused-ring (bicyclic) bond motifs is 1. The van der Waals surface area contributed by atoms with Gasteiger partial charge in [-0.2, -0.15) is 0 Å². The molecule has 3 rings (SSSR count). The van der Waals surface area contributed by atoms with E-state index >= 15 is 0 Å². The molecule has 120 valence electrons. The van der Waals surface area contributed by atoms with Gasteiger partial charge in [0, 0.05) is 26.1 Å². The van der Waals surface area contributed by atoms with Crippen molar-refractivity contribution in [3.63, 3.8) is 0 Å². The van der Waals surface area contributed by atoms with Crippen LogP contribution in [0.5, 0.6) is 0 Å². The van der Waals surface area contributed by atoms with Crippen LogP contribution in [0.3, 0.4) is 0 Å². The summed E-state index contributed by atoms with van der Waals surface area (Å²) in [6.45, 7) is 3.10. The van der Waals surface area contributed by atoms with E-state index in [1.165, 1.54) is 0 Å². The summed E-state index contributed by atoms with van der Waals surface area (Å²) in [6, 6.07) is 8.05. The molecule has 2 aromatic rings. The maximum atomic E-state index is 12.3. The lowest BCUT2D eigenvalue weighted by Crippen LogP contribution is -2.40. The molecule has 5 nitrogen and oxygen atoms in total. The van der Waals surface area contributed by atoms with Gasteiger partial charge in [-0.15, -0.1) is 0 Å². The van der Waals surface area contributed by atoms with Crippen LogP contribution < -0.4 is 0 Å². The zero-order valence-electron chi connectivity index (χ0n) is 13.2. The normalized spacial score (nSPS) is 20.5. The number of para-hydroxylation sites is 2. The first-order chi connectivity index (χ1) is 10.5. The Balaban J connectivity index is 1.89. The highest BCUT2D eigenvalue weighted by Crippen LogP contribution is 2.29. The first kappa shape index (κ1) is 15.5. The van der Waals surface area contributed by atoms with Crippen LogP contribution in [-0.2, 0) is 17.1 Å². The zero-order chi connectivity index (χ0) is 15.7. The molecule has 0 amide bonds. The molecule has 0 saturated carbocycles. The fourth-order valence-corrected chi connectivity index (χ4v) is 4.91. The largest absolute Gasteiger partial charge is 0.331 e. The Bertz CT molecular complexity index is 767. The van der Waals surface area contributed by atoms with Crippen LogP contribution in [0.25, 0.3) is 11.0 Å². The highest BCUT2D eigenvalue weighted by molar-refractivity contribution is 7.89. The molecular weight excluding hydrogens is 298 g/mol. The lowest BCUT2D eigenvalue weighted by atomic mass is 9.99. The van der Waals surface area contributed by atoms with Crippen molar-refractivity contribution in [2.24, 2.45) is 7.05 Å². The number of aromatic nitrogens is 2. The van der Waals surface area contributed by atoms with Crippen LogP contribution in [0.4, 0.5) is 0 Å². The summed E-state index contributed by atoms with van der Waals surface area (Å²) < 4.78 is 28.4. The molecule has 1 atom stereocenters. The number of benzene rings is 1. The van der Waals surface area contributed by atoms with Gasteiger partial charge in [-0.1, -0.05) is 19.1 Å². The van der Waals surface area contributed by atoms with E-state index in [2.05, 4.69) is 10.6 Å². The van der Waals surface area contributed by atoms with Crippen molar-refractivity contribution < 1.29 is 8.42 Å². The highest BCUT2D eigenvalue weighted by Gasteiger charge is 2.31. The van der Waals surface area contributed by atoms with Crippen molar-refractivity contribution in [1.29, 1.82) is 0 Å². The molecule has 6 heteroatoms. The van der Waals surface area contributed by atoms with Gasteiger partial charge in [0.1, 0.15) is 5.82 Å². The lowest BCUT2D eigenvalue weighted by molar-refractivity contribution is 0.307. The fraction of sp³-hybridized carbons (Fsp3) is 0.562. The van der Waals surface area contributed by atoms with Crippen LogP contribution in [0.1, 0.15) is 37.9 Å². The van der Waals surface area contributed by atoms with Crippen LogP contribution in [0, 0.1) is 0 Å². The summed E-state index contributed by atoms with van der Waals surface area (Å²) in [4.78, 5) is 4.74. The predicted octanol–water partition coefficient (Wildman–Crippen LogP) is 2.49. The van der Waals surface area contributed by atoms with Gasteiger partial charge in [0.25, 0.3) is 0 Å². The van der Waals surface area contributed by atoms with Crippen LogP contribution >= 0.6 is 0 Å². The Morgan fingerprint density at radius 2 is 2.09 bits per heavy atom. The number of hydrogen-bond acceptors (Lipinski definition) is 3. The molecule has 1 aromatic carbocycles. The van der Waals surface area contributed by atoms with E-state index in [1.807, 2.05) is 32.2 Å². The third-order valence-corrected chi connectivity index (χ3v) is 6.47. The minimum Gasteiger partial charge on any atom is -0.331 e. The van der Waals surface area contributed by atoms with Crippen LogP contribution in [0.15, 0.2) is 24.3 Å². The summed E-state index contributed by atoms with van der Waals surface area (Å²) in [5, 5.41) is 0. The molecule has 1 saturated heterocycles. The molecule has 1 aliphatic heterocycles. The topological polar surface area (TPSA) is 55.2 Å². The molecule has 1 aliphatic rings. The van der Waals surface area contributed by atoms with E-state index in [-0.39, 0.29) is 11.7 Å². The van der Waals surface area contributed by atoms with Crippen molar-refractivity contribution in [3.8, 4) is 0 Å². The predicted molar refractivity (Wildman–Crippen MR) is 88.3 cm³/mol. The molecule has 0 bridgehead atoms. The minimum absolute atomic E-state index is 0.179. The van der Waals surface area contributed by atoms with Gasteiger partial charge in [0.05, 0.1) is 16.8 Å². The average molecular weight is 321 g/mol. The summed E-state index contributed by atoms with van der Waals surface area (Å²) in [6.07, 6.45) is 2.56. The Labute approximate surface area is 132 Å². The van der Waals surface area contributed by atoms with E-state index in [1.54, 1.807) is 4.31 Å². The Morgan fingerprint density at radius 3 is 2.82 bits per heavy atom. The van der Waals surface area contributed by atoms with E-state index in [4.69, 9.17) is 4.98 Å². The SMILES string of the molecule is CCCS(=O)(=O)N1CCCC(c2nc3ccccc3n2C)C1. The second kappa shape index (κ2) is 6.01. The Kier molecular flexibility index (Phi) is 4.23. The van der Waals surface area contributed by atoms with Gasteiger partial charge < -0.3 is 4.57 Å². The van der Waals surface area contributed by atoms with Gasteiger partial charge in [-0.05, 0) is 31.4 Å². The number of aryl methyl sites for hydroxylation is 1. The molecule has 0 spiro atoms. The molecule has 1 fully saturated rings. The Hall–Kier alpha value is -1.40. The van der Waals surface area contributed by atoms with E-state index in [0.717, 1.165) is 29.7 Å². The molecule has 22 heavy (non-hydrogen) atoms. The maximum absolute atomic E-state index is 12.3. The standard InChI is InChI=1S/C16H23N3O2S/c1-3-11-22(20,21)19-10-6-7-13(12-19)16-17-14-8-4-5-9-15(14)18(16)2/h4-5,8-9,13H,3,6-7,10-12H2,1-2H3. The van der Waals surface area contributed by atoms with Gasteiger partial charge in [-0.25, -0.2) is 17.7 Å². The van der Waals surface area contributed by atoms with Crippen molar-refractivity contribution in [2.75, 3.05) is 18.8 Å². The summed E-state index contributed by atoms with van der Waals surface area (Å²) in [5.41, 5.74) is 2.08. The molecule has 2 heterocycles. The molecule has 0 radical (unpaired) electrons. The number of imidazole rings is 1. The summed E-state index contributed by atoms with van der Waals surface area (Å²) >= 11 is 0. The van der Waals surface area contributed by atoms with Gasteiger partial charge in [0.2, 0.25) is 10.0 Å². The van der Waals surface area contributed by atoms with Gasteiger partial charge in [0.15, 0.2) is 0 Å². The monoisotopic (exact) mass is 321 g/mol. The average Bonchev–Trinajstić information content (AvgIpc) is 2.85. The van der Waals surface area contributed by atoms with Crippen molar-refractivity contribution >= 4 is 21.1 Å². The molecule has 1 unspecified atom stereocenters. The number of hydrogen-bond donors (Lipinski definition) is 0. The van der Waals surface area contributed by atoms with Crippen LogP contribution in [-0.4, -0.2) is 41.1 Å². The van der Waals surface area contributed by atoms with Gasteiger partial charge in [-0.3, -0.25) is 0 Å². The summed E-state index contributed by atoms with van der Waals surface area (Å²) in [5.74, 6) is 1.41. The number of piperidine rings is 1. The number of sulfonamides is 1. The van der Waals surface area contributed by atoms with Crippen molar-refractivity contribution in [1.82, 2.24) is 13.9 Å². The second-order valence-electron chi connectivity index (χ2n) is 6.03. The molecule has 0 aliphatic carbocycles. The Morgan fingerprint density at radius 1 is 1.32 bits per heavy atom. The lowest BCUT2D eigenvalue weighted by Gasteiger charge is -2.31.